The first-order chi connectivity index (χ1) is 11.5. The van der Waals surface area contributed by atoms with Crippen LogP contribution in [0, 0.1) is 11.3 Å². The van der Waals surface area contributed by atoms with Crippen LogP contribution in [0.1, 0.15) is 17.0 Å². The fraction of sp³-hybridized carbons (Fsp3) is 0.278. The monoisotopic (exact) mass is 332 g/mol. The van der Waals surface area contributed by atoms with Crippen LogP contribution in [-0.2, 0) is 6.18 Å². The predicted octanol–water partition coefficient (Wildman–Crippen LogP) is 3.31. The van der Waals surface area contributed by atoms with Gasteiger partial charge in [0, 0.05) is 12.0 Å². The number of hydrogen-bond acceptors (Lipinski definition) is 3. The first-order valence-corrected chi connectivity index (χ1v) is 7.49. The highest BCUT2D eigenvalue weighted by atomic mass is 19.4. The van der Waals surface area contributed by atoms with Gasteiger partial charge in [0.2, 0.25) is 0 Å². The van der Waals surface area contributed by atoms with Crippen molar-refractivity contribution in [2.45, 2.75) is 24.2 Å². The van der Waals surface area contributed by atoms with Gasteiger partial charge in [0.25, 0.3) is 0 Å². The van der Waals surface area contributed by atoms with Gasteiger partial charge in [-0.3, -0.25) is 5.32 Å². The van der Waals surface area contributed by atoms with E-state index in [-0.39, 0.29) is 24.1 Å². The molecule has 124 valence electrons. The third-order valence-electron chi connectivity index (χ3n) is 4.36. The Morgan fingerprint density at radius 3 is 2.33 bits per heavy atom. The first-order valence-electron chi connectivity index (χ1n) is 7.49. The van der Waals surface area contributed by atoms with Gasteiger partial charge < -0.3 is 5.11 Å². The Hall–Kier alpha value is -2.36. The molecule has 1 aliphatic heterocycles. The Kier molecular flexibility index (Phi) is 4.31. The minimum atomic E-state index is -4.42. The standard InChI is InChI=1S/C18H15F3N2O/c19-18(20,21)14-4-2-1-3-13(14)11-5-7-12(8-6-11)17-15(9-22)23-16(17)10-24/h1-8,15-17,23-24H,10H2/t15-,16-,17-/m0/s1. The molecule has 3 rings (SSSR count). The summed E-state index contributed by atoms with van der Waals surface area (Å²) in [5.74, 6) is -0.160. The number of halogens is 3. The SMILES string of the molecule is N#C[C@@H]1N[C@@H](CO)[C@H]1c1ccc(-c2ccccc2C(F)(F)F)cc1. The normalized spacial score (nSPS) is 23.4. The molecule has 6 heteroatoms. The van der Waals surface area contributed by atoms with Gasteiger partial charge in [-0.1, -0.05) is 42.5 Å². The summed E-state index contributed by atoms with van der Waals surface area (Å²) in [6.45, 7) is -0.0957. The number of nitrogens with zero attached hydrogens (tertiary/aromatic N) is 1. The Balaban J connectivity index is 1.93. The predicted molar refractivity (Wildman–Crippen MR) is 83.0 cm³/mol. The van der Waals surface area contributed by atoms with E-state index in [4.69, 9.17) is 5.26 Å². The molecule has 0 aliphatic carbocycles. The molecule has 1 heterocycles. The van der Waals surface area contributed by atoms with Crippen molar-refractivity contribution in [3.8, 4) is 17.2 Å². The van der Waals surface area contributed by atoms with Crippen molar-refractivity contribution < 1.29 is 18.3 Å². The largest absolute Gasteiger partial charge is 0.417 e. The molecule has 0 bridgehead atoms. The summed E-state index contributed by atoms with van der Waals surface area (Å²) in [6.07, 6.45) is -4.42. The average Bonchev–Trinajstić information content (AvgIpc) is 2.55. The second-order valence-corrected chi connectivity index (χ2v) is 5.75. The molecule has 3 atom stereocenters. The smallest absolute Gasteiger partial charge is 0.395 e. The first kappa shape index (κ1) is 16.5. The van der Waals surface area contributed by atoms with Crippen LogP contribution in [-0.4, -0.2) is 23.8 Å². The van der Waals surface area contributed by atoms with E-state index >= 15 is 0 Å². The van der Waals surface area contributed by atoms with Gasteiger partial charge in [-0.25, -0.2) is 0 Å². The zero-order chi connectivity index (χ0) is 17.3. The van der Waals surface area contributed by atoms with Gasteiger partial charge in [0.15, 0.2) is 0 Å². The number of aliphatic hydroxyl groups excluding tert-OH is 1. The molecule has 2 N–H and O–H groups in total. The van der Waals surface area contributed by atoms with Gasteiger partial charge in [0.1, 0.15) is 6.04 Å². The van der Waals surface area contributed by atoms with Crippen LogP contribution in [0.25, 0.3) is 11.1 Å². The lowest BCUT2D eigenvalue weighted by molar-refractivity contribution is -0.137. The van der Waals surface area contributed by atoms with Crippen molar-refractivity contribution >= 4 is 0 Å². The van der Waals surface area contributed by atoms with Crippen LogP contribution in [0.3, 0.4) is 0 Å². The van der Waals surface area contributed by atoms with E-state index in [0.717, 1.165) is 11.6 Å². The summed E-state index contributed by atoms with van der Waals surface area (Å²) in [6, 6.07) is 13.7. The maximum absolute atomic E-state index is 13.1. The number of aliphatic hydroxyl groups is 1. The highest BCUT2D eigenvalue weighted by molar-refractivity contribution is 5.68. The van der Waals surface area contributed by atoms with Crippen LogP contribution in [0.2, 0.25) is 0 Å². The minimum absolute atomic E-state index is 0.0957. The Morgan fingerprint density at radius 1 is 1.08 bits per heavy atom. The number of hydrogen-bond donors (Lipinski definition) is 2. The number of nitriles is 1. The number of alkyl halides is 3. The van der Waals surface area contributed by atoms with Crippen LogP contribution in [0.15, 0.2) is 48.5 Å². The zero-order valence-corrected chi connectivity index (χ0v) is 12.6. The fourth-order valence-corrected chi connectivity index (χ4v) is 3.13. The summed E-state index contributed by atoms with van der Waals surface area (Å²) < 4.78 is 39.4. The molecule has 0 aromatic heterocycles. The van der Waals surface area contributed by atoms with E-state index in [2.05, 4.69) is 11.4 Å². The summed E-state index contributed by atoms with van der Waals surface area (Å²) in [5.41, 5.74) is 0.741. The van der Waals surface area contributed by atoms with Crippen LogP contribution < -0.4 is 5.32 Å². The lowest BCUT2D eigenvalue weighted by Gasteiger charge is -2.42. The molecule has 0 amide bonds. The highest BCUT2D eigenvalue weighted by Crippen LogP contribution is 2.38. The Labute approximate surface area is 137 Å². The van der Waals surface area contributed by atoms with E-state index in [1.807, 2.05) is 0 Å². The molecule has 1 aliphatic rings. The molecule has 0 radical (unpaired) electrons. The summed E-state index contributed by atoms with van der Waals surface area (Å²) in [5, 5.41) is 21.3. The molecular formula is C18H15F3N2O. The quantitative estimate of drug-likeness (QED) is 0.907. The lowest BCUT2D eigenvalue weighted by Crippen LogP contribution is -2.60. The van der Waals surface area contributed by atoms with Crippen molar-refractivity contribution in [1.29, 1.82) is 5.26 Å². The lowest BCUT2D eigenvalue weighted by atomic mass is 9.78. The highest BCUT2D eigenvalue weighted by Gasteiger charge is 2.41. The molecule has 1 fully saturated rings. The minimum Gasteiger partial charge on any atom is -0.395 e. The molecule has 2 aromatic carbocycles. The summed E-state index contributed by atoms with van der Waals surface area (Å²) in [7, 11) is 0. The number of nitrogens with one attached hydrogen (secondary N) is 1. The molecule has 2 aromatic rings. The average molecular weight is 332 g/mol. The zero-order valence-electron chi connectivity index (χ0n) is 12.6. The third-order valence-corrected chi connectivity index (χ3v) is 4.36. The van der Waals surface area contributed by atoms with Crippen molar-refractivity contribution in [3.63, 3.8) is 0 Å². The van der Waals surface area contributed by atoms with Crippen LogP contribution in [0.4, 0.5) is 13.2 Å². The van der Waals surface area contributed by atoms with E-state index in [9.17, 15) is 18.3 Å². The summed E-state index contributed by atoms with van der Waals surface area (Å²) in [4.78, 5) is 0. The van der Waals surface area contributed by atoms with Crippen molar-refractivity contribution in [1.82, 2.24) is 5.32 Å². The van der Waals surface area contributed by atoms with Crippen molar-refractivity contribution in [2.24, 2.45) is 0 Å². The molecule has 3 nitrogen and oxygen atoms in total. The topological polar surface area (TPSA) is 56.0 Å². The second-order valence-electron chi connectivity index (χ2n) is 5.75. The van der Waals surface area contributed by atoms with E-state index in [1.165, 1.54) is 12.1 Å². The van der Waals surface area contributed by atoms with Crippen LogP contribution in [0.5, 0.6) is 0 Å². The van der Waals surface area contributed by atoms with Gasteiger partial charge in [-0.05, 0) is 22.8 Å². The van der Waals surface area contributed by atoms with E-state index in [1.54, 1.807) is 30.3 Å². The van der Waals surface area contributed by atoms with Gasteiger partial charge >= 0.3 is 6.18 Å². The van der Waals surface area contributed by atoms with Crippen molar-refractivity contribution in [2.75, 3.05) is 6.61 Å². The van der Waals surface area contributed by atoms with Crippen LogP contribution >= 0.6 is 0 Å². The molecule has 24 heavy (non-hydrogen) atoms. The fourth-order valence-electron chi connectivity index (χ4n) is 3.13. The molecule has 1 saturated heterocycles. The maximum Gasteiger partial charge on any atom is 0.417 e. The molecule has 0 spiro atoms. The summed E-state index contributed by atoms with van der Waals surface area (Å²) >= 11 is 0. The molecule has 0 saturated carbocycles. The van der Waals surface area contributed by atoms with Gasteiger partial charge in [0.05, 0.1) is 18.2 Å². The molecule has 0 unspecified atom stereocenters. The van der Waals surface area contributed by atoms with Gasteiger partial charge in [-0.2, -0.15) is 18.4 Å². The number of rotatable bonds is 3. The maximum atomic E-state index is 13.1. The van der Waals surface area contributed by atoms with E-state index < -0.39 is 17.8 Å². The molecular weight excluding hydrogens is 317 g/mol. The Bertz CT molecular complexity index is 765. The van der Waals surface area contributed by atoms with E-state index in [0.29, 0.717) is 5.56 Å². The second kappa shape index (κ2) is 6.27. The van der Waals surface area contributed by atoms with Crippen molar-refractivity contribution in [3.05, 3.63) is 59.7 Å². The number of benzene rings is 2. The Morgan fingerprint density at radius 2 is 1.75 bits per heavy atom. The van der Waals surface area contributed by atoms with Gasteiger partial charge in [-0.15, -0.1) is 0 Å². The third kappa shape index (κ3) is 2.88.